The van der Waals surface area contributed by atoms with Crippen molar-refractivity contribution >= 4 is 5.97 Å². The third-order valence-corrected chi connectivity index (χ3v) is 1.98. The number of hydrogen-bond donors (Lipinski definition) is 0. The van der Waals surface area contributed by atoms with Crippen LogP contribution in [0.1, 0.15) is 13.3 Å². The monoisotopic (exact) mass is 150 g/mol. The van der Waals surface area contributed by atoms with Crippen LogP contribution in [0.4, 0.5) is 0 Å². The van der Waals surface area contributed by atoms with E-state index in [1.54, 1.807) is 0 Å². The molecule has 1 saturated heterocycles. The zero-order valence-electron chi connectivity index (χ0n) is 7.00. The second-order valence-electron chi connectivity index (χ2n) is 2.63. The fourth-order valence-electron chi connectivity index (χ4n) is 1.18. The number of aliphatic carboxylic acids is 1. The van der Waals surface area contributed by atoms with Crippen molar-refractivity contribution in [3.8, 4) is 0 Å². The Hall–Kier alpha value is 0.0274. The van der Waals surface area contributed by atoms with Gasteiger partial charge in [0, 0.05) is 17.8 Å². The number of rotatable bonds is 3. The summed E-state index contributed by atoms with van der Waals surface area (Å²) in [6.45, 7) is 3.04. The van der Waals surface area contributed by atoms with Gasteiger partial charge >= 0.3 is 18.9 Å². The molecule has 0 radical (unpaired) electrons. The zero-order valence-corrected chi connectivity index (χ0v) is 7.00. The first kappa shape index (κ1) is 11.0. The second kappa shape index (κ2) is 4.82. The molecule has 0 amide bonds. The van der Waals surface area contributed by atoms with Crippen LogP contribution in [0.25, 0.3) is 0 Å². The summed E-state index contributed by atoms with van der Waals surface area (Å²) in [5.41, 5.74) is 0. The van der Waals surface area contributed by atoms with E-state index in [2.05, 4.69) is 0 Å². The van der Waals surface area contributed by atoms with E-state index < -0.39 is 5.97 Å². The summed E-state index contributed by atoms with van der Waals surface area (Å²) in [5.74, 6) is -1.03. The third-order valence-electron chi connectivity index (χ3n) is 1.98. The summed E-state index contributed by atoms with van der Waals surface area (Å²) >= 11 is 0. The molecule has 0 aliphatic carbocycles. The molecule has 0 N–H and O–H groups in total. The molecule has 58 valence electrons. The molecule has 4 heteroatoms. The van der Waals surface area contributed by atoms with Crippen LogP contribution < -0.4 is 24.0 Å². The molecule has 0 aromatic heterocycles. The van der Waals surface area contributed by atoms with E-state index in [1.807, 2.05) is 6.92 Å². The molecular weight excluding hydrogens is 139 g/mol. The molecule has 1 aliphatic rings. The summed E-state index contributed by atoms with van der Waals surface area (Å²) in [7, 11) is 0. The summed E-state index contributed by atoms with van der Waals surface area (Å²) in [6, 6.07) is 0. The third kappa shape index (κ3) is 2.52. The van der Waals surface area contributed by atoms with E-state index in [0.717, 1.165) is 0 Å². The summed E-state index contributed by atoms with van der Waals surface area (Å²) in [6.07, 6.45) is 0.649. The molecule has 0 spiro atoms. The van der Waals surface area contributed by atoms with Crippen molar-refractivity contribution in [3.63, 3.8) is 0 Å². The van der Waals surface area contributed by atoms with E-state index in [-0.39, 0.29) is 30.7 Å². The molecule has 3 nitrogen and oxygen atoms in total. The van der Waals surface area contributed by atoms with Crippen molar-refractivity contribution in [1.82, 2.24) is 0 Å². The first-order chi connectivity index (χ1) is 4.75. The number of hydrogen-bond acceptors (Lipinski definition) is 3. The number of ether oxygens (including phenoxy) is 1. The van der Waals surface area contributed by atoms with Crippen LogP contribution >= 0.6 is 0 Å². The van der Waals surface area contributed by atoms with Crippen LogP contribution in [0.5, 0.6) is 0 Å². The molecule has 1 unspecified atom stereocenters. The number of carbonyl (C=O) groups excluding carboxylic acids is 1. The van der Waals surface area contributed by atoms with Crippen LogP contribution in [-0.4, -0.2) is 19.2 Å². The van der Waals surface area contributed by atoms with E-state index >= 15 is 0 Å². The quantitative estimate of drug-likeness (QED) is 0.391. The Morgan fingerprint density at radius 2 is 2.27 bits per heavy atom. The van der Waals surface area contributed by atoms with Gasteiger partial charge in [0.15, 0.2) is 0 Å². The largest absolute Gasteiger partial charge is 1.00 e. The Bertz CT molecular complexity index is 134. The Morgan fingerprint density at radius 1 is 1.73 bits per heavy atom. The van der Waals surface area contributed by atoms with Gasteiger partial charge in [0.2, 0.25) is 0 Å². The summed E-state index contributed by atoms with van der Waals surface area (Å²) < 4.78 is 4.88. The topological polar surface area (TPSA) is 49.4 Å². The number of carboxylic acid groups (broad SMARTS) is 1. The summed E-state index contributed by atoms with van der Waals surface area (Å²) in [5, 5.41) is 10.4. The van der Waals surface area contributed by atoms with E-state index in [0.29, 0.717) is 19.6 Å². The fourth-order valence-corrected chi connectivity index (χ4v) is 1.18. The van der Waals surface area contributed by atoms with Gasteiger partial charge < -0.3 is 14.6 Å². The van der Waals surface area contributed by atoms with Crippen molar-refractivity contribution in [3.05, 3.63) is 0 Å². The van der Waals surface area contributed by atoms with Crippen molar-refractivity contribution in [2.24, 2.45) is 11.8 Å². The predicted octanol–water partition coefficient (Wildman–Crippen LogP) is -3.59. The minimum absolute atomic E-state index is 0. The van der Waals surface area contributed by atoms with E-state index in [9.17, 15) is 9.90 Å². The Labute approximate surface area is 78.3 Å². The maximum atomic E-state index is 10.4. The van der Waals surface area contributed by atoms with Gasteiger partial charge in [-0.05, 0) is 6.42 Å². The van der Waals surface area contributed by atoms with Crippen molar-refractivity contribution < 1.29 is 33.5 Å². The first-order valence-corrected chi connectivity index (χ1v) is 3.54. The first-order valence-electron chi connectivity index (χ1n) is 3.54. The van der Waals surface area contributed by atoms with Gasteiger partial charge in [-0.2, -0.15) is 0 Å². The molecule has 0 bridgehead atoms. The predicted molar refractivity (Wildman–Crippen MR) is 33.1 cm³/mol. The summed E-state index contributed by atoms with van der Waals surface area (Å²) in [4.78, 5) is 10.4. The Balaban J connectivity index is 0.000001000. The fraction of sp³-hybridized carbons (Fsp3) is 0.857. The average molecular weight is 150 g/mol. The zero-order chi connectivity index (χ0) is 7.56. The van der Waals surface area contributed by atoms with Gasteiger partial charge in [-0.3, -0.25) is 0 Å². The average Bonchev–Trinajstić information content (AvgIpc) is 1.76. The van der Waals surface area contributed by atoms with Crippen molar-refractivity contribution in [1.29, 1.82) is 0 Å². The maximum Gasteiger partial charge on any atom is 1.00 e. The molecular formula is C7H11LiO3. The minimum atomic E-state index is -0.934. The molecule has 0 saturated carbocycles. The molecule has 1 aliphatic heterocycles. The molecule has 1 atom stereocenters. The van der Waals surface area contributed by atoms with Crippen LogP contribution in [-0.2, 0) is 9.53 Å². The van der Waals surface area contributed by atoms with Crippen LogP contribution in [0.3, 0.4) is 0 Å². The molecule has 11 heavy (non-hydrogen) atoms. The molecule has 0 aromatic carbocycles. The minimum Gasteiger partial charge on any atom is -0.550 e. The standard InChI is InChI=1S/C7H12O3.Li/c1-2-6(7(8)9)5-3-10-4-5;/h5-6H,2-4H2,1H3,(H,8,9);/q;+1/p-1. The van der Waals surface area contributed by atoms with Crippen LogP contribution in [0.15, 0.2) is 0 Å². The van der Waals surface area contributed by atoms with Crippen LogP contribution in [0.2, 0.25) is 0 Å². The molecule has 1 rings (SSSR count). The van der Waals surface area contributed by atoms with Crippen molar-refractivity contribution in [2.75, 3.05) is 13.2 Å². The SMILES string of the molecule is CCC(C(=O)[O-])C1COC1.[Li+]. The number of carboxylic acids is 1. The van der Waals surface area contributed by atoms with Gasteiger partial charge in [0.25, 0.3) is 0 Å². The van der Waals surface area contributed by atoms with Gasteiger partial charge in [-0.25, -0.2) is 0 Å². The number of carbonyl (C=O) groups is 1. The molecule has 0 aromatic rings. The van der Waals surface area contributed by atoms with E-state index in [4.69, 9.17) is 4.74 Å². The van der Waals surface area contributed by atoms with Gasteiger partial charge in [0.05, 0.1) is 13.2 Å². The van der Waals surface area contributed by atoms with E-state index in [1.165, 1.54) is 0 Å². The van der Waals surface area contributed by atoms with Crippen molar-refractivity contribution in [2.45, 2.75) is 13.3 Å². The maximum absolute atomic E-state index is 10.4. The molecule has 1 heterocycles. The van der Waals surface area contributed by atoms with Crippen LogP contribution in [0, 0.1) is 11.8 Å². The second-order valence-corrected chi connectivity index (χ2v) is 2.63. The Morgan fingerprint density at radius 3 is 2.36 bits per heavy atom. The smallest absolute Gasteiger partial charge is 0.550 e. The molecule has 1 fully saturated rings. The Kier molecular flexibility index (Phi) is 4.83. The van der Waals surface area contributed by atoms with Gasteiger partial charge in [0.1, 0.15) is 0 Å². The normalized spacial score (nSPS) is 19.7. The van der Waals surface area contributed by atoms with Gasteiger partial charge in [-0.15, -0.1) is 0 Å². The van der Waals surface area contributed by atoms with Gasteiger partial charge in [-0.1, -0.05) is 6.92 Å².